The van der Waals surface area contributed by atoms with Crippen LogP contribution in [0.25, 0.3) is 0 Å². The summed E-state index contributed by atoms with van der Waals surface area (Å²) >= 11 is 0. The quantitative estimate of drug-likeness (QED) is 0.650. The van der Waals surface area contributed by atoms with E-state index in [0.717, 1.165) is 17.9 Å². The number of aromatic nitrogens is 2. The van der Waals surface area contributed by atoms with E-state index in [1.165, 1.54) is 11.3 Å². The van der Waals surface area contributed by atoms with Gasteiger partial charge in [-0.1, -0.05) is 18.2 Å². The Morgan fingerprint density at radius 2 is 2.30 bits per heavy atom. The van der Waals surface area contributed by atoms with E-state index in [1.54, 1.807) is 0 Å². The minimum atomic E-state index is 0.133. The third-order valence-corrected chi connectivity index (χ3v) is 3.96. The zero-order chi connectivity index (χ0) is 14.1. The van der Waals surface area contributed by atoms with Crippen LogP contribution in [0.2, 0.25) is 0 Å². The number of hydrogen-bond donors (Lipinski definition) is 2. The molecule has 106 valence electrons. The van der Waals surface area contributed by atoms with Crippen LogP contribution in [-0.4, -0.2) is 22.4 Å². The lowest BCUT2D eigenvalue weighted by Crippen LogP contribution is -2.42. The second-order valence-electron chi connectivity index (χ2n) is 5.33. The monoisotopic (exact) mass is 272 g/mol. The largest absolute Gasteiger partial charge is 0.493 e. The van der Waals surface area contributed by atoms with Crippen molar-refractivity contribution in [1.29, 1.82) is 0 Å². The van der Waals surface area contributed by atoms with Crippen molar-refractivity contribution in [3.8, 4) is 5.75 Å². The van der Waals surface area contributed by atoms with Crippen molar-refractivity contribution in [3.63, 3.8) is 0 Å². The fraction of sp³-hybridized carbons (Fsp3) is 0.400. The molecule has 0 fully saturated rings. The average Bonchev–Trinajstić information content (AvgIpc) is 3.00. The number of para-hydroxylation sites is 1. The summed E-state index contributed by atoms with van der Waals surface area (Å²) in [6.07, 6.45) is 0.830. The summed E-state index contributed by atoms with van der Waals surface area (Å²) in [4.78, 5) is 0. The highest BCUT2D eigenvalue weighted by atomic mass is 16.5. The number of benzene rings is 1. The number of nitrogens with one attached hydrogen (secondary N) is 1. The Morgan fingerprint density at radius 3 is 3.00 bits per heavy atom. The van der Waals surface area contributed by atoms with E-state index in [0.29, 0.717) is 6.61 Å². The Bertz CT molecular complexity index is 608. The lowest BCUT2D eigenvalue weighted by atomic mass is 9.91. The molecule has 1 aromatic carbocycles. The Morgan fingerprint density at radius 1 is 1.50 bits per heavy atom. The van der Waals surface area contributed by atoms with Gasteiger partial charge in [-0.25, -0.2) is 0 Å². The molecule has 5 heteroatoms. The number of ether oxygens (including phenoxy) is 1. The van der Waals surface area contributed by atoms with Gasteiger partial charge in [-0.15, -0.1) is 0 Å². The van der Waals surface area contributed by atoms with Crippen molar-refractivity contribution >= 4 is 0 Å². The highest BCUT2D eigenvalue weighted by Gasteiger charge is 2.31. The van der Waals surface area contributed by atoms with Crippen molar-refractivity contribution in [2.24, 2.45) is 12.9 Å². The molecule has 2 unspecified atom stereocenters. The van der Waals surface area contributed by atoms with Crippen molar-refractivity contribution in [2.75, 3.05) is 6.61 Å². The van der Waals surface area contributed by atoms with Gasteiger partial charge in [-0.2, -0.15) is 5.10 Å². The fourth-order valence-electron chi connectivity index (χ4n) is 2.92. The van der Waals surface area contributed by atoms with Crippen LogP contribution in [0.5, 0.6) is 5.75 Å². The molecule has 0 aliphatic carbocycles. The zero-order valence-electron chi connectivity index (χ0n) is 11.8. The van der Waals surface area contributed by atoms with E-state index in [9.17, 15) is 0 Å². The number of rotatable bonds is 4. The summed E-state index contributed by atoms with van der Waals surface area (Å²) in [5.41, 5.74) is 6.38. The van der Waals surface area contributed by atoms with Crippen molar-refractivity contribution in [1.82, 2.24) is 15.2 Å². The maximum atomic E-state index is 5.78. The van der Waals surface area contributed by atoms with Gasteiger partial charge < -0.3 is 4.74 Å². The first-order valence-electron chi connectivity index (χ1n) is 6.86. The molecule has 0 saturated heterocycles. The summed E-state index contributed by atoms with van der Waals surface area (Å²) < 4.78 is 7.67. The summed E-state index contributed by atoms with van der Waals surface area (Å²) in [7, 11) is 1.97. The Hall–Kier alpha value is -1.85. The van der Waals surface area contributed by atoms with Crippen molar-refractivity contribution in [2.45, 2.75) is 25.3 Å². The van der Waals surface area contributed by atoms with E-state index in [4.69, 9.17) is 10.6 Å². The highest BCUT2D eigenvalue weighted by molar-refractivity contribution is 5.40. The van der Waals surface area contributed by atoms with Crippen LogP contribution in [0.4, 0.5) is 0 Å². The smallest absolute Gasteiger partial charge is 0.122 e. The minimum absolute atomic E-state index is 0.133. The van der Waals surface area contributed by atoms with Gasteiger partial charge >= 0.3 is 0 Å². The van der Waals surface area contributed by atoms with Gasteiger partial charge in [0.15, 0.2) is 0 Å². The molecule has 2 aromatic rings. The lowest BCUT2D eigenvalue weighted by Gasteiger charge is -2.22. The van der Waals surface area contributed by atoms with Gasteiger partial charge in [0.2, 0.25) is 0 Å². The first kappa shape index (κ1) is 13.1. The molecule has 2 atom stereocenters. The Balaban J connectivity index is 1.83. The maximum absolute atomic E-state index is 5.78. The SMILES string of the molecule is Cc1cc(CC(NN)C2COc3ccccc32)n(C)n1. The molecule has 0 spiro atoms. The van der Waals surface area contributed by atoms with Crippen LogP contribution >= 0.6 is 0 Å². The topological polar surface area (TPSA) is 65.1 Å². The molecule has 3 N–H and O–H groups in total. The molecular weight excluding hydrogens is 252 g/mol. The van der Waals surface area contributed by atoms with Gasteiger partial charge in [-0.05, 0) is 19.1 Å². The first-order chi connectivity index (χ1) is 9.69. The van der Waals surface area contributed by atoms with Crippen LogP contribution in [0, 0.1) is 6.92 Å². The number of aryl methyl sites for hydroxylation is 2. The van der Waals surface area contributed by atoms with Gasteiger partial charge in [0.25, 0.3) is 0 Å². The molecule has 1 aliphatic rings. The number of nitrogens with two attached hydrogens (primary N) is 1. The average molecular weight is 272 g/mol. The molecule has 2 heterocycles. The van der Waals surface area contributed by atoms with E-state index < -0.39 is 0 Å². The fourth-order valence-corrected chi connectivity index (χ4v) is 2.92. The molecular formula is C15H20N4O. The molecule has 0 saturated carbocycles. The predicted molar refractivity (Wildman–Crippen MR) is 77.4 cm³/mol. The van der Waals surface area contributed by atoms with Crippen molar-refractivity contribution in [3.05, 3.63) is 47.3 Å². The molecule has 0 bridgehead atoms. The Kier molecular flexibility index (Phi) is 3.46. The van der Waals surface area contributed by atoms with Gasteiger partial charge in [0, 0.05) is 36.7 Å². The van der Waals surface area contributed by atoms with E-state index in [-0.39, 0.29) is 12.0 Å². The summed E-state index contributed by atoms with van der Waals surface area (Å²) in [5.74, 6) is 7.02. The van der Waals surface area contributed by atoms with Crippen molar-refractivity contribution < 1.29 is 4.74 Å². The number of hydrazine groups is 1. The van der Waals surface area contributed by atoms with E-state index in [2.05, 4.69) is 22.7 Å². The normalized spacial score (nSPS) is 18.6. The molecule has 20 heavy (non-hydrogen) atoms. The van der Waals surface area contributed by atoms with Crippen LogP contribution < -0.4 is 16.0 Å². The lowest BCUT2D eigenvalue weighted by molar-refractivity contribution is 0.296. The van der Waals surface area contributed by atoms with Gasteiger partial charge in [0.1, 0.15) is 5.75 Å². The molecule has 0 amide bonds. The van der Waals surface area contributed by atoms with Crippen LogP contribution in [0.3, 0.4) is 0 Å². The second-order valence-corrected chi connectivity index (χ2v) is 5.33. The van der Waals surface area contributed by atoms with Crippen LogP contribution in [0.1, 0.15) is 22.9 Å². The highest BCUT2D eigenvalue weighted by Crippen LogP contribution is 2.36. The van der Waals surface area contributed by atoms with Crippen LogP contribution in [0.15, 0.2) is 30.3 Å². The zero-order valence-corrected chi connectivity index (χ0v) is 11.8. The third-order valence-electron chi connectivity index (χ3n) is 3.96. The summed E-state index contributed by atoms with van der Waals surface area (Å²) in [6, 6.07) is 10.4. The molecule has 1 aliphatic heterocycles. The van der Waals surface area contributed by atoms with E-state index in [1.807, 2.05) is 36.9 Å². The minimum Gasteiger partial charge on any atom is -0.493 e. The summed E-state index contributed by atoms with van der Waals surface area (Å²) in [5, 5.41) is 4.39. The molecule has 3 rings (SSSR count). The van der Waals surface area contributed by atoms with Crippen LogP contribution in [-0.2, 0) is 13.5 Å². The number of fused-ring (bicyclic) bond motifs is 1. The number of nitrogens with zero attached hydrogens (tertiary/aromatic N) is 2. The standard InChI is InChI=1S/C15H20N4O/c1-10-7-11(19(2)18-10)8-14(17-16)13-9-20-15-6-4-3-5-12(13)15/h3-7,13-14,17H,8-9,16H2,1-2H3. The second kappa shape index (κ2) is 5.26. The molecule has 0 radical (unpaired) electrons. The number of hydrogen-bond acceptors (Lipinski definition) is 4. The maximum Gasteiger partial charge on any atom is 0.122 e. The predicted octanol–water partition coefficient (Wildman–Crippen LogP) is 1.28. The van der Waals surface area contributed by atoms with E-state index >= 15 is 0 Å². The summed E-state index contributed by atoms with van der Waals surface area (Å²) in [6.45, 7) is 2.67. The first-order valence-corrected chi connectivity index (χ1v) is 6.86. The molecule has 5 nitrogen and oxygen atoms in total. The Labute approximate surface area is 118 Å². The van der Waals surface area contributed by atoms with Gasteiger partial charge in [0.05, 0.1) is 12.3 Å². The molecule has 1 aromatic heterocycles. The van der Waals surface area contributed by atoms with Gasteiger partial charge in [-0.3, -0.25) is 16.0 Å². The third kappa shape index (κ3) is 2.30.